The summed E-state index contributed by atoms with van der Waals surface area (Å²) in [6, 6.07) is 2.24. The van der Waals surface area contributed by atoms with E-state index in [1.54, 1.807) is 7.05 Å². The Morgan fingerprint density at radius 3 is 2.50 bits per heavy atom. The van der Waals surface area contributed by atoms with E-state index in [0.29, 0.717) is 10.7 Å². The fourth-order valence-electron chi connectivity index (χ4n) is 2.84. The van der Waals surface area contributed by atoms with Gasteiger partial charge in [-0.3, -0.25) is 24.3 Å². The third-order valence-electron chi connectivity index (χ3n) is 4.52. The van der Waals surface area contributed by atoms with Crippen molar-refractivity contribution in [3.05, 3.63) is 39.9 Å². The number of amides is 2. The van der Waals surface area contributed by atoms with Gasteiger partial charge in [0, 0.05) is 19.2 Å². The predicted octanol–water partition coefficient (Wildman–Crippen LogP) is -1.59. The second kappa shape index (κ2) is 12.4. The molecule has 3 rings (SSSR count). The van der Waals surface area contributed by atoms with Crippen molar-refractivity contribution in [1.29, 1.82) is 0 Å². The number of rotatable bonds is 10. The van der Waals surface area contributed by atoms with E-state index in [9.17, 15) is 37.5 Å². The van der Waals surface area contributed by atoms with Crippen LogP contribution in [0.5, 0.6) is 0 Å². The van der Waals surface area contributed by atoms with E-state index in [4.69, 9.17) is 9.47 Å². The van der Waals surface area contributed by atoms with Crippen LogP contribution in [0.25, 0.3) is 0 Å². The molecule has 17 nitrogen and oxygen atoms in total. The van der Waals surface area contributed by atoms with Crippen LogP contribution in [0.3, 0.4) is 0 Å². The zero-order valence-electron chi connectivity index (χ0n) is 17.7. The summed E-state index contributed by atoms with van der Waals surface area (Å²) in [5.41, 5.74) is 0.249. The molecule has 2 unspecified atom stereocenters. The minimum absolute atomic E-state index is 0. The molecule has 2 heterocycles. The monoisotopic (exact) mass is 555 g/mol. The van der Waals surface area contributed by atoms with Gasteiger partial charge in [-0.05, 0) is 28.1 Å². The van der Waals surface area contributed by atoms with Crippen molar-refractivity contribution < 1.29 is 41.8 Å². The number of nitro groups is 1. The number of hydrogen-bond donors (Lipinski definition) is 2. The Morgan fingerprint density at radius 1 is 1.28 bits per heavy atom. The van der Waals surface area contributed by atoms with Gasteiger partial charge in [-0.15, -0.1) is 5.10 Å². The van der Waals surface area contributed by atoms with E-state index in [1.165, 1.54) is 28.9 Å². The topological polar surface area (TPSA) is 226 Å². The van der Waals surface area contributed by atoms with E-state index in [-0.39, 0.29) is 51.9 Å². The van der Waals surface area contributed by atoms with Gasteiger partial charge in [0.05, 0.1) is 10.7 Å². The van der Waals surface area contributed by atoms with Crippen LogP contribution < -0.4 is 5.32 Å². The molecule has 0 saturated carbocycles. The number of alkyl carbamates (subject to hydrolysis) is 1. The Kier molecular flexibility index (Phi) is 10.1. The Morgan fingerprint density at radius 2 is 1.94 bits per heavy atom. The molecule has 20 heteroatoms. The van der Waals surface area contributed by atoms with Gasteiger partial charge >= 0.3 is 51.9 Å². The summed E-state index contributed by atoms with van der Waals surface area (Å²) in [5.74, 6) is -2.21. The number of thioether (sulfide) groups is 1. The average Bonchev–Trinajstić information content (AvgIpc) is 3.21. The molecule has 2 N–H and O–H groups in total. The summed E-state index contributed by atoms with van der Waals surface area (Å²) in [6.07, 6.45) is -1.11. The summed E-state index contributed by atoms with van der Waals surface area (Å²) in [6.45, 7) is -0.962. The number of tetrazole rings is 1. The van der Waals surface area contributed by atoms with Crippen molar-refractivity contribution >= 4 is 75.3 Å². The van der Waals surface area contributed by atoms with E-state index < -0.39 is 51.9 Å². The molecule has 0 aliphatic carbocycles. The van der Waals surface area contributed by atoms with Crippen LogP contribution >= 0.6 is 11.8 Å². The minimum atomic E-state index is -4.99. The van der Waals surface area contributed by atoms with Gasteiger partial charge < -0.3 is 14.8 Å². The molecule has 1 aliphatic rings. The molecule has 2 aromatic rings. The summed E-state index contributed by atoms with van der Waals surface area (Å²) in [4.78, 5) is 46.3. The van der Waals surface area contributed by atoms with Crippen LogP contribution in [0.15, 0.2) is 29.4 Å². The van der Waals surface area contributed by atoms with Gasteiger partial charge in [0.2, 0.25) is 5.16 Å². The number of hydrogen-bond acceptors (Lipinski definition) is 13. The molecule has 1 aromatic carbocycles. The molecule has 1 aliphatic heterocycles. The second-order valence-electron chi connectivity index (χ2n) is 6.86. The average molecular weight is 555 g/mol. The van der Waals surface area contributed by atoms with E-state index >= 15 is 0 Å². The van der Waals surface area contributed by atoms with Crippen LogP contribution in [0.4, 0.5) is 10.5 Å². The third-order valence-corrected chi connectivity index (χ3v) is 6.46. The van der Waals surface area contributed by atoms with Crippen LogP contribution in [-0.2, 0) is 43.0 Å². The van der Waals surface area contributed by atoms with Crippen molar-refractivity contribution in [2.24, 2.45) is 7.05 Å². The van der Waals surface area contributed by atoms with E-state index in [1.807, 2.05) is 0 Å². The number of non-ortho nitro benzene ring substituents is 1. The normalized spacial score (nSPS) is 16.9. The van der Waals surface area contributed by atoms with Crippen molar-refractivity contribution in [2.45, 2.75) is 23.8 Å². The van der Waals surface area contributed by atoms with Gasteiger partial charge in [0.25, 0.3) is 11.6 Å². The maximum absolute atomic E-state index is 12.2. The number of nitrogens with one attached hydrogen (secondary N) is 1. The van der Waals surface area contributed by atoms with Gasteiger partial charge in [-0.1, -0.05) is 11.8 Å². The van der Waals surface area contributed by atoms with Crippen LogP contribution in [0, 0.1) is 10.1 Å². The summed E-state index contributed by atoms with van der Waals surface area (Å²) in [7, 11) is -3.44. The number of aryl methyl sites for hydroxylation is 1. The van der Waals surface area contributed by atoms with Crippen LogP contribution in [0.1, 0.15) is 5.56 Å². The molecule has 1 fully saturated rings. The molecule has 0 spiro atoms. The number of ether oxygens (including phenoxy) is 2. The van der Waals surface area contributed by atoms with Crippen molar-refractivity contribution in [1.82, 2.24) is 29.8 Å². The van der Waals surface area contributed by atoms with E-state index in [2.05, 4.69) is 20.8 Å². The molecular formula is C16H18N7NaO10S2. The third kappa shape index (κ3) is 7.34. The molecule has 0 radical (unpaired) electrons. The molecular weight excluding hydrogens is 537 g/mol. The number of carbonyl (C=O) groups excluding carboxylic acids is 3. The standard InChI is InChI=1S/C16H17N7O10S2.Na.H/c1-21-15(18-19-20-21)34-8-12(24)32-7-11-13(14(25)22(11)35(29,30)31)17-16(26)33-6-9-2-4-10(5-3-9)23(27)28;;/h2-5,11,13H,6-8H2,1H3,(H,17,26)(H,29,30,31);;. The quantitative estimate of drug-likeness (QED) is 0.0641. The number of carbonyl (C=O) groups is 3. The number of nitro benzene ring substituents is 1. The van der Waals surface area contributed by atoms with Gasteiger partial charge in [-0.2, -0.15) is 8.42 Å². The maximum atomic E-state index is 12.2. The van der Waals surface area contributed by atoms with Crippen molar-refractivity contribution in [2.75, 3.05) is 12.4 Å². The van der Waals surface area contributed by atoms with Gasteiger partial charge in [-0.25, -0.2) is 13.8 Å². The SMILES string of the molecule is Cn1nnnc1SCC(=O)OCC1C(NC(=O)OCc2ccc([N+](=O)[O-])cc2)C(=O)N1S(=O)(=O)O.[NaH]. The predicted molar refractivity (Wildman–Crippen MR) is 120 cm³/mol. The first-order chi connectivity index (χ1) is 16.5. The van der Waals surface area contributed by atoms with Gasteiger partial charge in [0.1, 0.15) is 25.3 Å². The number of β-lactam (4-membered cyclic amide) rings is 1. The summed E-state index contributed by atoms with van der Waals surface area (Å²) in [5, 5.41) is 23.8. The molecule has 0 bridgehead atoms. The van der Waals surface area contributed by atoms with E-state index in [0.717, 1.165) is 11.8 Å². The molecule has 36 heavy (non-hydrogen) atoms. The van der Waals surface area contributed by atoms with Gasteiger partial charge in [0.15, 0.2) is 0 Å². The number of benzene rings is 1. The molecule has 190 valence electrons. The number of esters is 1. The zero-order chi connectivity index (χ0) is 25.8. The van der Waals surface area contributed by atoms with Crippen molar-refractivity contribution in [3.63, 3.8) is 0 Å². The number of nitrogens with zero attached hydrogens (tertiary/aromatic N) is 6. The first-order valence-electron chi connectivity index (χ1n) is 9.45. The molecule has 2 amide bonds. The Labute approximate surface area is 229 Å². The Hall–Kier alpha value is -2.84. The first kappa shape index (κ1) is 29.4. The molecule has 1 aromatic heterocycles. The van der Waals surface area contributed by atoms with Crippen LogP contribution in [0.2, 0.25) is 0 Å². The van der Waals surface area contributed by atoms with Crippen molar-refractivity contribution in [3.8, 4) is 0 Å². The Balaban J connectivity index is 0.00000456. The first-order valence-corrected chi connectivity index (χ1v) is 11.8. The summed E-state index contributed by atoms with van der Waals surface area (Å²) >= 11 is 0.941. The number of aromatic nitrogens is 4. The molecule has 2 atom stereocenters. The Bertz CT molecular complexity index is 1240. The second-order valence-corrected chi connectivity index (χ2v) is 9.09. The summed E-state index contributed by atoms with van der Waals surface area (Å²) < 4.78 is 43.6. The van der Waals surface area contributed by atoms with Crippen LogP contribution in [-0.4, -0.2) is 114 Å². The zero-order valence-corrected chi connectivity index (χ0v) is 19.3. The molecule has 1 saturated heterocycles. The fourth-order valence-corrected chi connectivity index (χ4v) is 4.36. The fraction of sp³-hybridized carbons (Fsp3) is 0.375.